The highest BCUT2D eigenvalue weighted by Gasteiger charge is 2.31. The minimum Gasteiger partial charge on any atom is -0.467 e. The van der Waals surface area contributed by atoms with Crippen molar-refractivity contribution in [1.29, 1.82) is 0 Å². The molecular formula is C16H21NO4. The number of hydrogen-bond acceptors (Lipinski definition) is 4. The number of methoxy groups -OCH3 is 1. The second kappa shape index (κ2) is 7.22. The van der Waals surface area contributed by atoms with Gasteiger partial charge in [0.25, 0.3) is 0 Å². The zero-order valence-corrected chi connectivity index (χ0v) is 12.1. The first-order valence-corrected chi connectivity index (χ1v) is 7.17. The van der Waals surface area contributed by atoms with E-state index in [9.17, 15) is 14.7 Å². The molecule has 0 aliphatic heterocycles. The van der Waals surface area contributed by atoms with Crippen molar-refractivity contribution in [3.05, 3.63) is 35.9 Å². The van der Waals surface area contributed by atoms with Crippen LogP contribution in [0.1, 0.15) is 30.7 Å². The van der Waals surface area contributed by atoms with Crippen molar-refractivity contribution in [3.8, 4) is 0 Å². The van der Waals surface area contributed by atoms with Crippen LogP contribution in [0, 0.1) is 5.92 Å². The molecule has 1 saturated carbocycles. The summed E-state index contributed by atoms with van der Waals surface area (Å²) in [6, 6.07) is 10.3. The molecular weight excluding hydrogens is 270 g/mol. The summed E-state index contributed by atoms with van der Waals surface area (Å²) >= 11 is 0. The molecule has 0 unspecified atom stereocenters. The molecule has 1 aliphatic carbocycles. The van der Waals surface area contributed by atoms with Gasteiger partial charge >= 0.3 is 5.97 Å². The van der Waals surface area contributed by atoms with Crippen molar-refractivity contribution < 1.29 is 19.4 Å². The third-order valence-electron chi connectivity index (χ3n) is 3.95. The average molecular weight is 291 g/mol. The van der Waals surface area contributed by atoms with Crippen LogP contribution in [-0.2, 0) is 14.3 Å². The van der Waals surface area contributed by atoms with Gasteiger partial charge in [-0.1, -0.05) is 30.3 Å². The van der Waals surface area contributed by atoms with Crippen LogP contribution in [0.2, 0.25) is 0 Å². The van der Waals surface area contributed by atoms with Crippen molar-refractivity contribution in [2.24, 2.45) is 5.92 Å². The lowest BCUT2D eigenvalue weighted by Gasteiger charge is -2.35. The smallest absolute Gasteiger partial charge is 0.336 e. The Kier molecular flexibility index (Phi) is 5.33. The first kappa shape index (κ1) is 15.5. The predicted molar refractivity (Wildman–Crippen MR) is 77.6 cm³/mol. The summed E-state index contributed by atoms with van der Waals surface area (Å²) in [5, 5.41) is 11.9. The standard InChI is InChI=1S/C16H21NO4/c1-21-16(20)14(18)10-17-15(19)9-11-7-13(8-11)12-5-3-2-4-6-12/h2-6,11,13-14,18H,7-10H2,1H3,(H,17,19)/t11?,13?,14-/m1/s1. The lowest BCUT2D eigenvalue weighted by Crippen LogP contribution is -2.38. The maximum atomic E-state index is 11.7. The summed E-state index contributed by atoms with van der Waals surface area (Å²) in [6.45, 7) is -0.0969. The van der Waals surface area contributed by atoms with Crippen LogP contribution in [0.15, 0.2) is 30.3 Å². The van der Waals surface area contributed by atoms with Gasteiger partial charge in [0, 0.05) is 6.42 Å². The minimum absolute atomic E-state index is 0.0969. The van der Waals surface area contributed by atoms with Crippen molar-refractivity contribution >= 4 is 11.9 Å². The summed E-state index contributed by atoms with van der Waals surface area (Å²) in [5.74, 6) is 0.0627. The number of carbonyl (C=O) groups is 2. The van der Waals surface area contributed by atoms with Gasteiger partial charge in [0.1, 0.15) is 0 Å². The first-order chi connectivity index (χ1) is 10.1. The average Bonchev–Trinajstić information content (AvgIpc) is 2.48. The maximum Gasteiger partial charge on any atom is 0.336 e. The highest BCUT2D eigenvalue weighted by molar-refractivity contribution is 5.78. The van der Waals surface area contributed by atoms with Crippen molar-refractivity contribution in [2.75, 3.05) is 13.7 Å². The molecule has 0 radical (unpaired) electrons. The Morgan fingerprint density at radius 2 is 2.00 bits per heavy atom. The van der Waals surface area contributed by atoms with Crippen molar-refractivity contribution in [1.82, 2.24) is 5.32 Å². The Labute approximate surface area is 124 Å². The van der Waals surface area contributed by atoms with Crippen molar-refractivity contribution in [3.63, 3.8) is 0 Å². The Hall–Kier alpha value is -1.88. The van der Waals surface area contributed by atoms with Gasteiger partial charge in [-0.15, -0.1) is 0 Å². The van der Waals surface area contributed by atoms with Gasteiger partial charge in [0.2, 0.25) is 5.91 Å². The monoisotopic (exact) mass is 291 g/mol. The van der Waals surface area contributed by atoms with Crippen LogP contribution in [0.4, 0.5) is 0 Å². The Balaban J connectivity index is 1.66. The third kappa shape index (κ3) is 4.29. The Bertz CT molecular complexity index is 482. The summed E-state index contributed by atoms with van der Waals surface area (Å²) < 4.78 is 4.38. The molecule has 0 bridgehead atoms. The van der Waals surface area contributed by atoms with Crippen LogP contribution in [0.5, 0.6) is 0 Å². The number of rotatable bonds is 6. The Morgan fingerprint density at radius 3 is 2.62 bits per heavy atom. The fourth-order valence-electron chi connectivity index (χ4n) is 2.66. The molecule has 1 amide bonds. The molecule has 2 rings (SSSR count). The quantitative estimate of drug-likeness (QED) is 0.773. The van der Waals surface area contributed by atoms with Gasteiger partial charge in [-0.3, -0.25) is 4.79 Å². The number of ether oxygens (including phenoxy) is 1. The lowest BCUT2D eigenvalue weighted by molar-refractivity contribution is -0.150. The molecule has 1 aromatic carbocycles. The fourth-order valence-corrected chi connectivity index (χ4v) is 2.66. The van der Waals surface area contributed by atoms with Crippen LogP contribution in [0.3, 0.4) is 0 Å². The van der Waals surface area contributed by atoms with E-state index in [1.54, 1.807) is 0 Å². The zero-order valence-electron chi connectivity index (χ0n) is 12.1. The molecule has 0 spiro atoms. The predicted octanol–water partition coefficient (Wildman–Crippen LogP) is 1.22. The van der Waals surface area contributed by atoms with E-state index < -0.39 is 12.1 Å². The number of hydrogen-bond donors (Lipinski definition) is 2. The van der Waals surface area contributed by atoms with Crippen LogP contribution < -0.4 is 5.32 Å². The van der Waals surface area contributed by atoms with E-state index in [1.165, 1.54) is 12.7 Å². The summed E-state index contributed by atoms with van der Waals surface area (Å²) in [5.41, 5.74) is 1.33. The second-order valence-electron chi connectivity index (χ2n) is 5.49. The van der Waals surface area contributed by atoms with E-state index in [0.717, 1.165) is 12.8 Å². The summed E-state index contributed by atoms with van der Waals surface area (Å²) in [6.07, 6.45) is 1.17. The molecule has 0 saturated heterocycles. The van der Waals surface area contributed by atoms with Crippen LogP contribution >= 0.6 is 0 Å². The molecule has 5 heteroatoms. The molecule has 1 aliphatic rings. The molecule has 1 aromatic rings. The molecule has 21 heavy (non-hydrogen) atoms. The third-order valence-corrected chi connectivity index (χ3v) is 3.95. The molecule has 0 aromatic heterocycles. The summed E-state index contributed by atoms with van der Waals surface area (Å²) in [7, 11) is 1.20. The fraction of sp³-hybridized carbons (Fsp3) is 0.500. The number of amides is 1. The topological polar surface area (TPSA) is 75.6 Å². The largest absolute Gasteiger partial charge is 0.467 e. The highest BCUT2D eigenvalue weighted by atomic mass is 16.5. The van der Waals surface area contributed by atoms with Gasteiger partial charge in [-0.05, 0) is 30.2 Å². The summed E-state index contributed by atoms with van der Waals surface area (Å²) in [4.78, 5) is 22.7. The number of esters is 1. The van der Waals surface area contributed by atoms with Crippen LogP contribution in [-0.4, -0.2) is 36.7 Å². The normalized spacial score (nSPS) is 22.0. The lowest BCUT2D eigenvalue weighted by atomic mass is 9.70. The molecule has 1 atom stereocenters. The first-order valence-electron chi connectivity index (χ1n) is 7.17. The van der Waals surface area contributed by atoms with Gasteiger partial charge in [0.15, 0.2) is 6.10 Å². The van der Waals surface area contributed by atoms with Crippen LogP contribution in [0.25, 0.3) is 0 Å². The van der Waals surface area contributed by atoms with E-state index in [1.807, 2.05) is 18.2 Å². The molecule has 1 fully saturated rings. The highest BCUT2D eigenvalue weighted by Crippen LogP contribution is 2.43. The van der Waals surface area contributed by atoms with E-state index >= 15 is 0 Å². The maximum absolute atomic E-state index is 11.7. The number of benzene rings is 1. The molecule has 0 heterocycles. The zero-order chi connectivity index (χ0) is 15.2. The van der Waals surface area contributed by atoms with E-state index in [-0.39, 0.29) is 12.5 Å². The van der Waals surface area contributed by atoms with E-state index in [0.29, 0.717) is 18.3 Å². The number of aliphatic hydroxyl groups excluding tert-OH is 1. The number of carbonyl (C=O) groups excluding carboxylic acids is 2. The van der Waals surface area contributed by atoms with Crippen molar-refractivity contribution in [2.45, 2.75) is 31.3 Å². The van der Waals surface area contributed by atoms with Gasteiger partial charge in [0.05, 0.1) is 13.7 Å². The molecule has 114 valence electrons. The number of aliphatic hydroxyl groups is 1. The van der Waals surface area contributed by atoms with Gasteiger partial charge < -0.3 is 15.2 Å². The van der Waals surface area contributed by atoms with Gasteiger partial charge in [-0.25, -0.2) is 4.79 Å². The molecule has 5 nitrogen and oxygen atoms in total. The van der Waals surface area contributed by atoms with E-state index in [2.05, 4.69) is 22.2 Å². The minimum atomic E-state index is -1.29. The SMILES string of the molecule is COC(=O)[C@H](O)CNC(=O)CC1CC(c2ccccc2)C1. The molecule has 2 N–H and O–H groups in total. The second-order valence-corrected chi connectivity index (χ2v) is 5.49. The Morgan fingerprint density at radius 1 is 1.33 bits per heavy atom. The van der Waals surface area contributed by atoms with E-state index in [4.69, 9.17) is 0 Å². The van der Waals surface area contributed by atoms with Gasteiger partial charge in [-0.2, -0.15) is 0 Å². The number of nitrogens with one attached hydrogen (secondary N) is 1.